The lowest BCUT2D eigenvalue weighted by atomic mass is 10.2. The summed E-state index contributed by atoms with van der Waals surface area (Å²) in [4.78, 5) is 32.8. The van der Waals surface area contributed by atoms with E-state index in [0.717, 1.165) is 6.07 Å². The van der Waals surface area contributed by atoms with Crippen LogP contribution in [0.3, 0.4) is 0 Å². The summed E-state index contributed by atoms with van der Waals surface area (Å²) in [5, 5.41) is 21.4. The summed E-state index contributed by atoms with van der Waals surface area (Å²) in [5.74, 6) is -3.60. The highest BCUT2D eigenvalue weighted by atomic mass is 19.1. The molecule has 0 aromatic heterocycles. The van der Waals surface area contributed by atoms with Gasteiger partial charge in [0.05, 0.1) is 13.5 Å². The molecule has 0 aliphatic rings. The van der Waals surface area contributed by atoms with E-state index >= 15 is 0 Å². The van der Waals surface area contributed by atoms with Crippen LogP contribution in [0.1, 0.15) is 6.42 Å². The number of aliphatic carboxylic acids is 2. The number of halogens is 1. The average Bonchev–Trinajstić information content (AvgIpc) is 2.37. The molecule has 4 N–H and O–H groups in total. The number of ether oxygens (including phenoxy) is 1. The molecule has 8 nitrogen and oxygen atoms in total. The van der Waals surface area contributed by atoms with E-state index < -0.39 is 36.2 Å². The van der Waals surface area contributed by atoms with Crippen molar-refractivity contribution >= 4 is 23.7 Å². The number of hydrogen-bond donors (Lipinski definition) is 4. The number of rotatable bonds is 6. The Bertz CT molecular complexity index is 563. The van der Waals surface area contributed by atoms with Crippen molar-refractivity contribution in [2.24, 2.45) is 0 Å². The number of amides is 2. The van der Waals surface area contributed by atoms with Crippen molar-refractivity contribution in [1.29, 1.82) is 0 Å². The molecule has 0 aliphatic heterocycles. The van der Waals surface area contributed by atoms with E-state index in [1.54, 1.807) is 0 Å². The van der Waals surface area contributed by atoms with Gasteiger partial charge in [0.2, 0.25) is 0 Å². The summed E-state index contributed by atoms with van der Waals surface area (Å²) < 4.78 is 18.1. The molecule has 114 valence electrons. The van der Waals surface area contributed by atoms with Crippen molar-refractivity contribution in [1.82, 2.24) is 5.32 Å². The van der Waals surface area contributed by atoms with Gasteiger partial charge in [-0.05, 0) is 12.1 Å². The quantitative estimate of drug-likeness (QED) is 0.618. The van der Waals surface area contributed by atoms with E-state index in [2.05, 4.69) is 5.32 Å². The highest BCUT2D eigenvalue weighted by molar-refractivity contribution is 5.93. The fraction of sp³-hybridized carbons (Fsp3) is 0.250. The summed E-state index contributed by atoms with van der Waals surface area (Å²) in [6, 6.07) is 1.04. The molecule has 1 aromatic carbocycles. The van der Waals surface area contributed by atoms with Crippen LogP contribution in [0.4, 0.5) is 14.9 Å². The predicted molar refractivity (Wildman–Crippen MR) is 68.8 cm³/mol. The number of carbonyl (C=O) groups excluding carboxylic acids is 1. The van der Waals surface area contributed by atoms with Crippen molar-refractivity contribution in [2.75, 3.05) is 12.4 Å². The number of urea groups is 1. The summed E-state index contributed by atoms with van der Waals surface area (Å²) in [7, 11) is 1.28. The molecule has 0 heterocycles. The lowest BCUT2D eigenvalue weighted by Gasteiger charge is -2.13. The summed E-state index contributed by atoms with van der Waals surface area (Å²) in [6.45, 7) is 0. The van der Waals surface area contributed by atoms with Crippen LogP contribution in [0.15, 0.2) is 18.2 Å². The van der Waals surface area contributed by atoms with Crippen molar-refractivity contribution in [3.63, 3.8) is 0 Å². The maximum Gasteiger partial charge on any atom is 0.326 e. The van der Waals surface area contributed by atoms with Crippen LogP contribution in [0.25, 0.3) is 0 Å². The smallest absolute Gasteiger partial charge is 0.326 e. The van der Waals surface area contributed by atoms with Gasteiger partial charge in [-0.15, -0.1) is 0 Å². The Balaban J connectivity index is 2.69. The molecule has 0 unspecified atom stereocenters. The minimum Gasteiger partial charge on any atom is -0.494 e. The maximum absolute atomic E-state index is 13.4. The van der Waals surface area contributed by atoms with E-state index in [4.69, 9.17) is 14.9 Å². The lowest BCUT2D eigenvalue weighted by molar-refractivity contribution is -0.145. The average molecular weight is 300 g/mol. The third-order valence-corrected chi connectivity index (χ3v) is 2.39. The number of carboxylic acid groups (broad SMARTS) is 2. The zero-order chi connectivity index (χ0) is 16.0. The SMILES string of the molecule is COc1ccc(NC(=O)N[C@@H](CC(=O)O)C(=O)O)cc1F. The monoisotopic (exact) mass is 300 g/mol. The molecule has 0 aliphatic carbocycles. The van der Waals surface area contributed by atoms with Crippen LogP contribution in [-0.2, 0) is 9.59 Å². The second kappa shape index (κ2) is 7.08. The van der Waals surface area contributed by atoms with E-state index in [-0.39, 0.29) is 11.4 Å². The van der Waals surface area contributed by atoms with Crippen LogP contribution in [0.5, 0.6) is 5.75 Å². The number of carboxylic acids is 2. The van der Waals surface area contributed by atoms with Gasteiger partial charge in [-0.3, -0.25) is 4.79 Å². The predicted octanol–water partition coefficient (Wildman–Crippen LogP) is 0.884. The molecule has 1 aromatic rings. The van der Waals surface area contributed by atoms with Gasteiger partial charge in [0.15, 0.2) is 11.6 Å². The first-order chi connectivity index (χ1) is 9.83. The van der Waals surface area contributed by atoms with Gasteiger partial charge < -0.3 is 25.6 Å². The van der Waals surface area contributed by atoms with Gasteiger partial charge in [-0.25, -0.2) is 14.0 Å². The third kappa shape index (κ3) is 4.97. The molecule has 21 heavy (non-hydrogen) atoms. The van der Waals surface area contributed by atoms with E-state index in [1.807, 2.05) is 5.32 Å². The van der Waals surface area contributed by atoms with E-state index in [0.29, 0.717) is 0 Å². The lowest BCUT2D eigenvalue weighted by Crippen LogP contribution is -2.44. The first-order valence-corrected chi connectivity index (χ1v) is 5.69. The Morgan fingerprint density at radius 3 is 2.48 bits per heavy atom. The van der Waals surface area contributed by atoms with E-state index in [1.165, 1.54) is 19.2 Å². The Kier molecular flexibility index (Phi) is 5.47. The standard InChI is InChI=1S/C12H13FN2O6/c1-21-9-3-2-6(4-7(9)13)14-12(20)15-8(11(18)19)5-10(16)17/h2-4,8H,5H2,1H3,(H,16,17)(H,18,19)(H2,14,15,20)/t8-/m0/s1. The number of benzene rings is 1. The second-order valence-corrected chi connectivity index (χ2v) is 3.94. The highest BCUT2D eigenvalue weighted by Gasteiger charge is 2.23. The Morgan fingerprint density at radius 1 is 1.33 bits per heavy atom. The molecular formula is C12H13FN2O6. The molecule has 1 rings (SSSR count). The van der Waals surface area contributed by atoms with Gasteiger partial charge in [0.1, 0.15) is 6.04 Å². The molecule has 0 radical (unpaired) electrons. The van der Waals surface area contributed by atoms with Gasteiger partial charge in [0.25, 0.3) is 0 Å². The zero-order valence-electron chi connectivity index (χ0n) is 10.9. The molecule has 0 fully saturated rings. The first-order valence-electron chi connectivity index (χ1n) is 5.69. The second-order valence-electron chi connectivity index (χ2n) is 3.94. The van der Waals surface area contributed by atoms with Gasteiger partial charge >= 0.3 is 18.0 Å². The molecule has 0 spiro atoms. The third-order valence-electron chi connectivity index (χ3n) is 2.39. The van der Waals surface area contributed by atoms with Gasteiger partial charge in [-0.1, -0.05) is 0 Å². The maximum atomic E-state index is 13.4. The van der Waals surface area contributed by atoms with E-state index in [9.17, 15) is 18.8 Å². The number of nitrogens with one attached hydrogen (secondary N) is 2. The zero-order valence-corrected chi connectivity index (χ0v) is 10.9. The number of methoxy groups -OCH3 is 1. The molecule has 9 heteroatoms. The Morgan fingerprint density at radius 2 is 2.00 bits per heavy atom. The van der Waals surface area contributed by atoms with Crippen molar-refractivity contribution in [3.8, 4) is 5.75 Å². The largest absolute Gasteiger partial charge is 0.494 e. The molecule has 0 saturated heterocycles. The minimum atomic E-state index is -1.59. The van der Waals surface area contributed by atoms with Gasteiger partial charge in [-0.2, -0.15) is 0 Å². The van der Waals surface area contributed by atoms with Crippen LogP contribution >= 0.6 is 0 Å². The molecule has 0 saturated carbocycles. The van der Waals surface area contributed by atoms with Gasteiger partial charge in [0, 0.05) is 11.8 Å². The Hall–Kier alpha value is -2.84. The fourth-order valence-electron chi connectivity index (χ4n) is 1.44. The van der Waals surface area contributed by atoms with Crippen molar-refractivity contribution in [3.05, 3.63) is 24.0 Å². The van der Waals surface area contributed by atoms with Crippen LogP contribution < -0.4 is 15.4 Å². The van der Waals surface area contributed by atoms with Crippen molar-refractivity contribution in [2.45, 2.75) is 12.5 Å². The minimum absolute atomic E-state index is 0.0183. The topological polar surface area (TPSA) is 125 Å². The summed E-state index contributed by atoms with van der Waals surface area (Å²) in [5.41, 5.74) is 0.0604. The first kappa shape index (κ1) is 16.2. The fourth-order valence-corrected chi connectivity index (χ4v) is 1.44. The number of anilines is 1. The van der Waals surface area contributed by atoms with Crippen LogP contribution in [0, 0.1) is 5.82 Å². The normalized spacial score (nSPS) is 11.3. The molecule has 2 amide bonds. The molecule has 0 bridgehead atoms. The summed E-state index contributed by atoms with van der Waals surface area (Å²) in [6.07, 6.45) is -0.778. The molecular weight excluding hydrogens is 287 g/mol. The molecule has 1 atom stereocenters. The van der Waals surface area contributed by atoms with Crippen LogP contribution in [-0.4, -0.2) is 41.3 Å². The Labute approximate surface area is 118 Å². The van der Waals surface area contributed by atoms with Crippen LogP contribution in [0.2, 0.25) is 0 Å². The number of hydrogen-bond acceptors (Lipinski definition) is 4. The summed E-state index contributed by atoms with van der Waals surface area (Å²) >= 11 is 0. The highest BCUT2D eigenvalue weighted by Crippen LogP contribution is 2.20. The van der Waals surface area contributed by atoms with Crippen molar-refractivity contribution < 1.29 is 33.7 Å². The number of carbonyl (C=O) groups is 3.